The van der Waals surface area contributed by atoms with Gasteiger partial charge in [0.1, 0.15) is 0 Å². The second kappa shape index (κ2) is 9.05. The molecule has 0 N–H and O–H groups in total. The second-order valence-corrected chi connectivity index (χ2v) is 3.97. The van der Waals surface area contributed by atoms with Crippen LogP contribution in [0.15, 0.2) is 66.3 Å². The van der Waals surface area contributed by atoms with Crippen LogP contribution in [0.4, 0.5) is 0 Å². The molecule has 0 heterocycles. The van der Waals surface area contributed by atoms with Gasteiger partial charge in [-0.2, -0.15) is 12.2 Å². The van der Waals surface area contributed by atoms with Crippen LogP contribution in [0.3, 0.4) is 0 Å². The van der Waals surface area contributed by atoms with E-state index in [4.69, 9.17) is 0 Å². The normalized spacial score (nSPS) is 14.8. The van der Waals surface area contributed by atoms with E-state index in [0.717, 1.165) is 19.3 Å². The molecule has 0 aromatic heterocycles. The molecule has 1 heteroatoms. The van der Waals surface area contributed by atoms with Crippen LogP contribution in [0.25, 0.3) is 0 Å². The summed E-state index contributed by atoms with van der Waals surface area (Å²) in [5, 5.41) is 0. The van der Waals surface area contributed by atoms with E-state index < -0.39 is 0 Å². The summed E-state index contributed by atoms with van der Waals surface area (Å²) in [4.78, 5) is 0. The summed E-state index contributed by atoms with van der Waals surface area (Å²) in [6.07, 6.45) is 19.6. The summed E-state index contributed by atoms with van der Waals surface area (Å²) in [6.45, 7) is 0. The van der Waals surface area contributed by atoms with Gasteiger partial charge >= 0.3 is 26.2 Å². The molecule has 18 heavy (non-hydrogen) atoms. The van der Waals surface area contributed by atoms with Crippen LogP contribution < -0.4 is 0 Å². The SMILES string of the molecule is [C-]1=C(Cc2ccccc2)C=CC1.[C-]1=CC=CC1.[H-].[H-].[Zr+4]. The van der Waals surface area contributed by atoms with Crippen LogP contribution in [0, 0.1) is 12.2 Å². The average molecular weight is 314 g/mol. The first-order valence-corrected chi connectivity index (χ1v) is 5.97. The van der Waals surface area contributed by atoms with Gasteiger partial charge in [-0.05, 0) is 12.0 Å². The molecule has 0 fully saturated rings. The molecule has 0 amide bonds. The monoisotopic (exact) mass is 312 g/mol. The zero-order chi connectivity index (χ0) is 11.8. The Morgan fingerprint density at radius 3 is 2.39 bits per heavy atom. The van der Waals surface area contributed by atoms with E-state index in [1.807, 2.05) is 18.2 Å². The summed E-state index contributed by atoms with van der Waals surface area (Å²) >= 11 is 0. The first-order chi connectivity index (χ1) is 8.45. The number of benzene rings is 1. The molecule has 0 saturated heterocycles. The molecule has 0 aliphatic heterocycles. The Kier molecular flexibility index (Phi) is 7.61. The van der Waals surface area contributed by atoms with E-state index in [0.29, 0.717) is 0 Å². The molecule has 0 atom stereocenters. The van der Waals surface area contributed by atoms with Gasteiger partial charge in [0, 0.05) is 0 Å². The molecule has 0 nitrogen and oxygen atoms in total. The largest absolute Gasteiger partial charge is 4.00 e. The number of hydrogen-bond donors (Lipinski definition) is 0. The average Bonchev–Trinajstić information content (AvgIpc) is 3.06. The predicted molar refractivity (Wildman–Crippen MR) is 74.5 cm³/mol. The number of allylic oxidation sites excluding steroid dienone is 8. The minimum Gasteiger partial charge on any atom is -1.00 e. The van der Waals surface area contributed by atoms with Crippen LogP contribution in [0.5, 0.6) is 0 Å². The van der Waals surface area contributed by atoms with E-state index in [2.05, 4.69) is 54.6 Å². The summed E-state index contributed by atoms with van der Waals surface area (Å²) in [6, 6.07) is 10.5. The molecule has 0 radical (unpaired) electrons. The fourth-order valence-electron chi connectivity index (χ4n) is 1.73. The zero-order valence-corrected chi connectivity index (χ0v) is 12.9. The Hall–Kier alpha value is -0.937. The number of hydrogen-bond acceptors (Lipinski definition) is 0. The second-order valence-electron chi connectivity index (χ2n) is 3.97. The van der Waals surface area contributed by atoms with Crippen molar-refractivity contribution in [3.05, 3.63) is 84.0 Å². The van der Waals surface area contributed by atoms with E-state index in [9.17, 15) is 0 Å². The van der Waals surface area contributed by atoms with Crippen LogP contribution in [-0.4, -0.2) is 0 Å². The van der Waals surface area contributed by atoms with Crippen molar-refractivity contribution in [1.82, 2.24) is 0 Å². The van der Waals surface area contributed by atoms with Crippen LogP contribution >= 0.6 is 0 Å². The topological polar surface area (TPSA) is 0 Å². The van der Waals surface area contributed by atoms with Gasteiger partial charge in [0.15, 0.2) is 0 Å². The van der Waals surface area contributed by atoms with Crippen molar-refractivity contribution in [2.75, 3.05) is 0 Å². The molecule has 1 aromatic carbocycles. The minimum absolute atomic E-state index is 0. The molecule has 3 rings (SSSR count). The molecule has 0 saturated carbocycles. The van der Waals surface area contributed by atoms with Crippen LogP contribution in [0.2, 0.25) is 0 Å². The van der Waals surface area contributed by atoms with Crippen LogP contribution in [-0.2, 0) is 32.6 Å². The van der Waals surface area contributed by atoms with Crippen molar-refractivity contribution >= 4 is 0 Å². The summed E-state index contributed by atoms with van der Waals surface area (Å²) in [5.41, 5.74) is 2.69. The summed E-state index contributed by atoms with van der Waals surface area (Å²) in [7, 11) is 0. The summed E-state index contributed by atoms with van der Waals surface area (Å²) < 4.78 is 0. The predicted octanol–water partition coefficient (Wildman–Crippen LogP) is 4.45. The summed E-state index contributed by atoms with van der Waals surface area (Å²) in [5.74, 6) is 0. The van der Waals surface area contributed by atoms with Gasteiger partial charge in [-0.3, -0.25) is 12.2 Å². The van der Waals surface area contributed by atoms with Crippen molar-refractivity contribution < 1.29 is 29.1 Å². The first-order valence-electron chi connectivity index (χ1n) is 5.97. The van der Waals surface area contributed by atoms with Gasteiger partial charge in [0.2, 0.25) is 0 Å². The van der Waals surface area contributed by atoms with E-state index in [1.165, 1.54) is 11.1 Å². The molecular weight excluding hydrogens is 295 g/mol. The fraction of sp³-hybridized carbons (Fsp3) is 0.176. The van der Waals surface area contributed by atoms with Crippen molar-refractivity contribution in [2.24, 2.45) is 0 Å². The third-order valence-corrected chi connectivity index (χ3v) is 2.59. The van der Waals surface area contributed by atoms with Crippen molar-refractivity contribution in [3.8, 4) is 0 Å². The smallest absolute Gasteiger partial charge is 1.00 e. The molecule has 90 valence electrons. The molecule has 1 aromatic rings. The standard InChI is InChI=1S/C12H11.C5H5.Zr.2H/c1-2-6-11(7-3-1)10-12-8-4-5-9-12;1-2-4-5-3-1;;;/h1-4,6-8H,5,10H2;1-3H,4H2;;;/q2*-1;+4;2*-1. The van der Waals surface area contributed by atoms with Gasteiger partial charge in [0.05, 0.1) is 0 Å². The number of rotatable bonds is 2. The fourth-order valence-corrected chi connectivity index (χ4v) is 1.73. The maximum absolute atomic E-state index is 3.31. The Bertz CT molecular complexity index is 449. The zero-order valence-electron chi connectivity index (χ0n) is 12.4. The first kappa shape index (κ1) is 15.1. The quantitative estimate of drug-likeness (QED) is 0.708. The third-order valence-electron chi connectivity index (χ3n) is 2.59. The molecule has 0 bridgehead atoms. The molecule has 2 aliphatic rings. The Labute approximate surface area is 132 Å². The van der Waals surface area contributed by atoms with Crippen LogP contribution in [0.1, 0.15) is 21.3 Å². The van der Waals surface area contributed by atoms with Crippen molar-refractivity contribution in [2.45, 2.75) is 19.3 Å². The molecule has 0 spiro atoms. The van der Waals surface area contributed by atoms with E-state index in [-0.39, 0.29) is 29.1 Å². The van der Waals surface area contributed by atoms with Crippen molar-refractivity contribution in [3.63, 3.8) is 0 Å². The van der Waals surface area contributed by atoms with Gasteiger partial charge in [0.25, 0.3) is 0 Å². The Morgan fingerprint density at radius 2 is 1.89 bits per heavy atom. The van der Waals surface area contributed by atoms with E-state index in [1.54, 1.807) is 0 Å². The van der Waals surface area contributed by atoms with Gasteiger partial charge in [-0.25, -0.2) is 23.8 Å². The maximum atomic E-state index is 3.31. The Balaban J connectivity index is 0. The van der Waals surface area contributed by atoms with E-state index >= 15 is 0 Å². The third kappa shape index (κ3) is 5.60. The molecule has 2 aliphatic carbocycles. The minimum atomic E-state index is 0. The molecule has 0 unspecified atom stereocenters. The van der Waals surface area contributed by atoms with Crippen molar-refractivity contribution in [1.29, 1.82) is 0 Å². The maximum Gasteiger partial charge on any atom is 4.00 e. The van der Waals surface area contributed by atoms with Gasteiger partial charge in [-0.15, -0.1) is 12.8 Å². The molecular formula is C17H18Zr. The Morgan fingerprint density at radius 1 is 1.06 bits per heavy atom. The van der Waals surface area contributed by atoms with Gasteiger partial charge in [-0.1, -0.05) is 30.3 Å². The van der Waals surface area contributed by atoms with Gasteiger partial charge < -0.3 is 2.85 Å².